The lowest BCUT2D eigenvalue weighted by Crippen LogP contribution is -2.23. The van der Waals surface area contributed by atoms with Crippen LogP contribution in [0.3, 0.4) is 0 Å². The summed E-state index contributed by atoms with van der Waals surface area (Å²) < 4.78 is 37.0. The van der Waals surface area contributed by atoms with Crippen molar-refractivity contribution in [1.82, 2.24) is 0 Å². The Morgan fingerprint density at radius 3 is 2.43 bits per heavy atom. The second-order valence-electron chi connectivity index (χ2n) is 4.39. The molecule has 5 nitrogen and oxygen atoms in total. The Labute approximate surface area is 121 Å². The molecule has 0 heterocycles. The van der Waals surface area contributed by atoms with E-state index in [4.69, 9.17) is 5.73 Å². The molecule has 0 aliphatic heterocycles. The highest BCUT2D eigenvalue weighted by Crippen LogP contribution is 2.14. The Bertz CT molecular complexity index is 758. The van der Waals surface area contributed by atoms with Crippen LogP contribution >= 0.6 is 0 Å². The third-order valence-corrected chi connectivity index (χ3v) is 4.30. The first-order valence-corrected chi connectivity index (χ1v) is 7.66. The Morgan fingerprint density at radius 1 is 1.14 bits per heavy atom. The highest BCUT2D eigenvalue weighted by atomic mass is 32.2. The first-order valence-electron chi connectivity index (χ1n) is 6.00. The Kier molecular flexibility index (Phi) is 4.23. The minimum absolute atomic E-state index is 0.00564. The van der Waals surface area contributed by atoms with Gasteiger partial charge in [0, 0.05) is 11.4 Å². The number of hydrogen-bond donors (Lipinski definition) is 2. The number of carbonyl (C=O) groups is 1. The number of halogens is 1. The zero-order valence-corrected chi connectivity index (χ0v) is 11.7. The van der Waals surface area contributed by atoms with Crippen molar-refractivity contribution in [2.24, 2.45) is 0 Å². The van der Waals surface area contributed by atoms with Crippen molar-refractivity contribution in [3.8, 4) is 0 Å². The fourth-order valence-corrected chi connectivity index (χ4v) is 2.83. The lowest BCUT2D eigenvalue weighted by Gasteiger charge is -2.07. The van der Waals surface area contributed by atoms with E-state index in [1.54, 1.807) is 0 Å². The van der Waals surface area contributed by atoms with Crippen LogP contribution in [0.25, 0.3) is 0 Å². The first kappa shape index (κ1) is 15.0. The van der Waals surface area contributed by atoms with E-state index < -0.39 is 27.3 Å². The molecule has 7 heteroatoms. The van der Waals surface area contributed by atoms with Gasteiger partial charge in [-0.1, -0.05) is 6.07 Å². The van der Waals surface area contributed by atoms with Gasteiger partial charge >= 0.3 is 0 Å². The topological polar surface area (TPSA) is 89.3 Å². The van der Waals surface area contributed by atoms with Crippen molar-refractivity contribution >= 4 is 27.1 Å². The zero-order chi connectivity index (χ0) is 15.5. The molecule has 3 N–H and O–H groups in total. The van der Waals surface area contributed by atoms with Crippen molar-refractivity contribution in [1.29, 1.82) is 0 Å². The molecular weight excluding hydrogens is 295 g/mol. The fourth-order valence-electron chi connectivity index (χ4n) is 1.69. The molecule has 2 rings (SSSR count). The molecule has 2 aromatic rings. The van der Waals surface area contributed by atoms with Crippen LogP contribution < -0.4 is 11.1 Å². The average Bonchev–Trinajstić information content (AvgIpc) is 2.38. The highest BCUT2D eigenvalue weighted by molar-refractivity contribution is 7.92. The maximum absolute atomic E-state index is 13.0. The molecule has 0 saturated heterocycles. The van der Waals surface area contributed by atoms with Gasteiger partial charge in [-0.2, -0.15) is 0 Å². The summed E-state index contributed by atoms with van der Waals surface area (Å²) in [4.78, 5) is 11.7. The summed E-state index contributed by atoms with van der Waals surface area (Å²) in [5, 5.41) is 2.34. The molecule has 21 heavy (non-hydrogen) atoms. The molecule has 0 aromatic heterocycles. The van der Waals surface area contributed by atoms with E-state index in [9.17, 15) is 17.6 Å². The summed E-state index contributed by atoms with van der Waals surface area (Å²) >= 11 is 0. The number of nitrogens with two attached hydrogens (primary N) is 1. The lowest BCUT2D eigenvalue weighted by molar-refractivity contribution is -0.113. The highest BCUT2D eigenvalue weighted by Gasteiger charge is 2.19. The normalized spacial score (nSPS) is 11.1. The van der Waals surface area contributed by atoms with Crippen molar-refractivity contribution < 1.29 is 17.6 Å². The van der Waals surface area contributed by atoms with Crippen molar-refractivity contribution in [2.45, 2.75) is 4.90 Å². The lowest BCUT2D eigenvalue weighted by atomic mass is 10.3. The summed E-state index contributed by atoms with van der Waals surface area (Å²) in [6, 6.07) is 10.8. The van der Waals surface area contributed by atoms with Crippen LogP contribution in [0, 0.1) is 5.82 Å². The summed E-state index contributed by atoms with van der Waals surface area (Å²) in [5.74, 6) is -1.99. The molecule has 0 unspecified atom stereocenters. The van der Waals surface area contributed by atoms with Gasteiger partial charge in [0.1, 0.15) is 11.6 Å². The Balaban J connectivity index is 2.09. The van der Waals surface area contributed by atoms with Gasteiger partial charge < -0.3 is 11.1 Å². The van der Waals surface area contributed by atoms with E-state index in [1.807, 2.05) is 0 Å². The number of benzene rings is 2. The molecule has 0 saturated carbocycles. The van der Waals surface area contributed by atoms with E-state index in [1.165, 1.54) is 42.5 Å². The van der Waals surface area contributed by atoms with Crippen LogP contribution in [-0.4, -0.2) is 20.1 Å². The first-order chi connectivity index (χ1) is 9.87. The van der Waals surface area contributed by atoms with Crippen LogP contribution in [0.5, 0.6) is 0 Å². The number of nitrogens with one attached hydrogen (secondary N) is 1. The summed E-state index contributed by atoms with van der Waals surface area (Å²) in [7, 11) is -3.77. The van der Waals surface area contributed by atoms with Gasteiger partial charge in [-0.05, 0) is 42.5 Å². The van der Waals surface area contributed by atoms with E-state index in [-0.39, 0.29) is 10.6 Å². The number of sulfone groups is 1. The van der Waals surface area contributed by atoms with Crippen molar-refractivity contribution in [2.75, 3.05) is 16.8 Å². The predicted octanol–water partition coefficient (Wildman–Crippen LogP) is 1.82. The summed E-state index contributed by atoms with van der Waals surface area (Å²) in [6.07, 6.45) is 0. The van der Waals surface area contributed by atoms with Crippen LogP contribution in [0.4, 0.5) is 15.8 Å². The Morgan fingerprint density at radius 2 is 1.81 bits per heavy atom. The predicted molar refractivity (Wildman–Crippen MR) is 77.9 cm³/mol. The second kappa shape index (κ2) is 5.92. The van der Waals surface area contributed by atoms with Gasteiger partial charge in [-0.25, -0.2) is 12.8 Å². The molecule has 0 aliphatic carbocycles. The monoisotopic (exact) mass is 308 g/mol. The summed E-state index contributed by atoms with van der Waals surface area (Å²) in [6.45, 7) is 0. The maximum atomic E-state index is 13.0. The standard InChI is InChI=1S/C14H13FN2O3S/c15-10-2-1-3-12(8-10)17-14(18)9-21(19,20)13-6-4-11(16)5-7-13/h1-8H,9,16H2,(H,17,18). The van der Waals surface area contributed by atoms with Crippen LogP contribution in [0.1, 0.15) is 0 Å². The average molecular weight is 308 g/mol. The van der Waals surface area contributed by atoms with E-state index >= 15 is 0 Å². The molecule has 1 amide bonds. The molecule has 0 aliphatic rings. The maximum Gasteiger partial charge on any atom is 0.239 e. The third kappa shape index (κ3) is 4.03. The number of nitrogen functional groups attached to an aromatic ring is 1. The molecule has 110 valence electrons. The molecule has 0 spiro atoms. The van der Waals surface area contributed by atoms with E-state index in [0.29, 0.717) is 5.69 Å². The second-order valence-corrected chi connectivity index (χ2v) is 6.38. The number of hydrogen-bond acceptors (Lipinski definition) is 4. The van der Waals surface area contributed by atoms with Gasteiger partial charge in [0.05, 0.1) is 4.90 Å². The van der Waals surface area contributed by atoms with Crippen LogP contribution in [0.2, 0.25) is 0 Å². The number of anilines is 2. The molecule has 0 radical (unpaired) electrons. The van der Waals surface area contributed by atoms with E-state index in [0.717, 1.165) is 6.07 Å². The number of rotatable bonds is 4. The van der Waals surface area contributed by atoms with Crippen molar-refractivity contribution in [3.63, 3.8) is 0 Å². The zero-order valence-electron chi connectivity index (χ0n) is 10.9. The minimum atomic E-state index is -3.77. The largest absolute Gasteiger partial charge is 0.399 e. The smallest absolute Gasteiger partial charge is 0.239 e. The number of carbonyl (C=O) groups excluding carboxylic acids is 1. The van der Waals surface area contributed by atoms with Gasteiger partial charge in [-0.15, -0.1) is 0 Å². The third-order valence-electron chi connectivity index (χ3n) is 2.67. The molecule has 0 atom stereocenters. The van der Waals surface area contributed by atoms with Crippen LogP contribution in [0.15, 0.2) is 53.4 Å². The molecular formula is C14H13FN2O3S. The summed E-state index contributed by atoms with van der Waals surface area (Å²) in [5.41, 5.74) is 6.11. The van der Waals surface area contributed by atoms with Gasteiger partial charge in [-0.3, -0.25) is 4.79 Å². The molecule has 0 bridgehead atoms. The van der Waals surface area contributed by atoms with E-state index in [2.05, 4.69) is 5.32 Å². The molecule has 2 aromatic carbocycles. The quantitative estimate of drug-likeness (QED) is 0.843. The SMILES string of the molecule is Nc1ccc(S(=O)(=O)CC(=O)Nc2cccc(F)c2)cc1. The number of amides is 1. The van der Waals surface area contributed by atoms with Crippen molar-refractivity contribution in [3.05, 3.63) is 54.3 Å². The molecule has 0 fully saturated rings. The Hall–Kier alpha value is -2.41. The van der Waals surface area contributed by atoms with Gasteiger partial charge in [0.15, 0.2) is 9.84 Å². The minimum Gasteiger partial charge on any atom is -0.399 e. The van der Waals surface area contributed by atoms with Gasteiger partial charge in [0.25, 0.3) is 0 Å². The van der Waals surface area contributed by atoms with Crippen LogP contribution in [-0.2, 0) is 14.6 Å². The van der Waals surface area contributed by atoms with Gasteiger partial charge in [0.2, 0.25) is 5.91 Å². The fraction of sp³-hybridized carbons (Fsp3) is 0.0714.